The molecule has 0 aliphatic rings. The molecular formula is C22H22N6O3. The maximum Gasteiger partial charge on any atom is 0.277 e. The van der Waals surface area contributed by atoms with Crippen molar-refractivity contribution in [3.05, 3.63) is 64.7 Å². The average molecular weight is 418 g/mol. The molecule has 4 aromatic rings. The van der Waals surface area contributed by atoms with Crippen molar-refractivity contribution in [3.63, 3.8) is 0 Å². The molecule has 1 aromatic carbocycles. The van der Waals surface area contributed by atoms with Crippen LogP contribution in [0.3, 0.4) is 0 Å². The molecule has 0 aliphatic heterocycles. The fraction of sp³-hybridized carbons (Fsp3) is 0.227. The van der Waals surface area contributed by atoms with E-state index < -0.39 is 0 Å². The molecule has 0 saturated heterocycles. The number of benzene rings is 1. The van der Waals surface area contributed by atoms with Crippen molar-refractivity contribution < 1.29 is 9.53 Å². The van der Waals surface area contributed by atoms with Gasteiger partial charge in [0.1, 0.15) is 17.1 Å². The van der Waals surface area contributed by atoms with Crippen molar-refractivity contribution >= 4 is 23.3 Å². The number of aromatic nitrogens is 5. The molecule has 3 heterocycles. The minimum absolute atomic E-state index is 0.288. The van der Waals surface area contributed by atoms with Gasteiger partial charge in [-0.05, 0) is 36.2 Å². The number of hydrogen-bond acceptors (Lipinski definition) is 6. The first kappa shape index (κ1) is 20.3. The Morgan fingerprint density at radius 2 is 1.97 bits per heavy atom. The molecule has 1 amide bonds. The van der Waals surface area contributed by atoms with Crippen LogP contribution in [-0.4, -0.2) is 44.8 Å². The van der Waals surface area contributed by atoms with E-state index in [0.717, 1.165) is 12.0 Å². The van der Waals surface area contributed by atoms with Gasteiger partial charge in [-0.3, -0.25) is 24.2 Å². The summed E-state index contributed by atoms with van der Waals surface area (Å²) < 4.78 is 7.37. The predicted molar refractivity (Wildman–Crippen MR) is 117 cm³/mol. The smallest absolute Gasteiger partial charge is 0.277 e. The minimum Gasteiger partial charge on any atom is -0.493 e. The standard InChI is InChI=1S/C22H22N6O3/c1-3-12-31-17-7-5-4-6-16(17)20-24-18-19(22(30)25-20)28(26-21(18)27(2)14-29)13-15-8-10-23-11-9-15/h4-11,14H,3,12-13H2,1-2H3,(H,24,25,30). The van der Waals surface area contributed by atoms with Crippen molar-refractivity contribution in [2.75, 3.05) is 18.6 Å². The molecule has 0 radical (unpaired) electrons. The monoisotopic (exact) mass is 418 g/mol. The zero-order chi connectivity index (χ0) is 21.8. The molecule has 9 heteroatoms. The zero-order valence-electron chi connectivity index (χ0n) is 17.3. The molecule has 0 spiro atoms. The Morgan fingerprint density at radius 1 is 1.19 bits per heavy atom. The van der Waals surface area contributed by atoms with Crippen LogP contribution in [0.4, 0.5) is 5.82 Å². The third-order valence-electron chi connectivity index (χ3n) is 4.76. The number of nitrogens with zero attached hydrogens (tertiary/aromatic N) is 5. The highest BCUT2D eigenvalue weighted by Gasteiger charge is 2.21. The number of H-pyrrole nitrogens is 1. The number of carbonyl (C=O) groups excluding carboxylic acids is 1. The lowest BCUT2D eigenvalue weighted by Gasteiger charge is -2.11. The summed E-state index contributed by atoms with van der Waals surface area (Å²) in [7, 11) is 1.58. The number of para-hydroxylation sites is 1. The number of amides is 1. The number of aromatic amines is 1. The lowest BCUT2D eigenvalue weighted by atomic mass is 10.2. The molecule has 158 valence electrons. The molecular weight excluding hydrogens is 396 g/mol. The second-order valence-electron chi connectivity index (χ2n) is 7.01. The van der Waals surface area contributed by atoms with Gasteiger partial charge in [-0.2, -0.15) is 5.10 Å². The fourth-order valence-electron chi connectivity index (χ4n) is 3.26. The molecule has 0 bridgehead atoms. The fourth-order valence-corrected chi connectivity index (χ4v) is 3.26. The number of ether oxygens (including phenoxy) is 1. The number of hydrogen-bond donors (Lipinski definition) is 1. The Bertz CT molecular complexity index is 1270. The van der Waals surface area contributed by atoms with E-state index in [-0.39, 0.29) is 11.1 Å². The molecule has 0 saturated carbocycles. The van der Waals surface area contributed by atoms with Gasteiger partial charge in [-0.1, -0.05) is 19.1 Å². The molecule has 3 aromatic heterocycles. The minimum atomic E-state index is -0.350. The highest BCUT2D eigenvalue weighted by Crippen LogP contribution is 2.29. The van der Waals surface area contributed by atoms with Crippen molar-refractivity contribution in [1.29, 1.82) is 0 Å². The van der Waals surface area contributed by atoms with Gasteiger partial charge in [0.2, 0.25) is 6.41 Å². The Morgan fingerprint density at radius 3 is 2.71 bits per heavy atom. The number of pyridine rings is 1. The van der Waals surface area contributed by atoms with Crippen LogP contribution in [0.1, 0.15) is 18.9 Å². The summed E-state index contributed by atoms with van der Waals surface area (Å²) in [6.07, 6.45) is 4.84. The van der Waals surface area contributed by atoms with E-state index in [1.807, 2.05) is 43.3 Å². The Balaban J connectivity index is 1.89. The molecule has 9 nitrogen and oxygen atoms in total. The summed E-state index contributed by atoms with van der Waals surface area (Å²) >= 11 is 0. The predicted octanol–water partition coefficient (Wildman–Crippen LogP) is 2.61. The van der Waals surface area contributed by atoms with Crippen LogP contribution in [-0.2, 0) is 11.3 Å². The summed E-state index contributed by atoms with van der Waals surface area (Å²) in [4.78, 5) is 37.4. The van der Waals surface area contributed by atoms with E-state index in [9.17, 15) is 9.59 Å². The van der Waals surface area contributed by atoms with E-state index in [0.29, 0.717) is 48.0 Å². The Labute approximate surface area is 178 Å². The number of rotatable bonds is 8. The van der Waals surface area contributed by atoms with Crippen LogP contribution in [0.2, 0.25) is 0 Å². The van der Waals surface area contributed by atoms with E-state index in [1.54, 1.807) is 24.1 Å². The summed E-state index contributed by atoms with van der Waals surface area (Å²) in [5, 5.41) is 4.50. The van der Waals surface area contributed by atoms with Crippen LogP contribution < -0.4 is 15.2 Å². The van der Waals surface area contributed by atoms with E-state index in [4.69, 9.17) is 4.74 Å². The van der Waals surface area contributed by atoms with Crippen LogP contribution >= 0.6 is 0 Å². The first-order chi connectivity index (χ1) is 15.1. The van der Waals surface area contributed by atoms with Gasteiger partial charge in [-0.25, -0.2) is 4.98 Å². The highest BCUT2D eigenvalue weighted by molar-refractivity contribution is 5.92. The summed E-state index contributed by atoms with van der Waals surface area (Å²) in [6, 6.07) is 11.1. The number of anilines is 1. The van der Waals surface area contributed by atoms with Gasteiger partial charge in [0, 0.05) is 19.4 Å². The second kappa shape index (κ2) is 8.78. The number of nitrogens with one attached hydrogen (secondary N) is 1. The van der Waals surface area contributed by atoms with Crippen LogP contribution in [0.5, 0.6) is 5.75 Å². The molecule has 0 unspecified atom stereocenters. The summed E-state index contributed by atoms with van der Waals surface area (Å²) in [5.41, 5.74) is 1.86. The van der Waals surface area contributed by atoms with Crippen LogP contribution in [0.25, 0.3) is 22.4 Å². The topological polar surface area (TPSA) is 106 Å². The number of carbonyl (C=O) groups is 1. The summed E-state index contributed by atoms with van der Waals surface area (Å²) in [5.74, 6) is 1.29. The van der Waals surface area contributed by atoms with E-state index >= 15 is 0 Å². The van der Waals surface area contributed by atoms with Crippen molar-refractivity contribution in [1.82, 2.24) is 24.7 Å². The van der Waals surface area contributed by atoms with Crippen LogP contribution in [0, 0.1) is 0 Å². The zero-order valence-corrected chi connectivity index (χ0v) is 17.3. The summed E-state index contributed by atoms with van der Waals surface area (Å²) in [6.45, 7) is 2.91. The third-order valence-corrected chi connectivity index (χ3v) is 4.76. The molecule has 0 fully saturated rings. The first-order valence-electron chi connectivity index (χ1n) is 9.92. The average Bonchev–Trinajstić information content (AvgIpc) is 3.16. The largest absolute Gasteiger partial charge is 0.493 e. The SMILES string of the molecule is CCCOc1ccccc1-c1nc2c(N(C)C=O)nn(Cc3ccncc3)c2c(=O)[nH]1. The number of fused-ring (bicyclic) bond motifs is 1. The second-order valence-corrected chi connectivity index (χ2v) is 7.01. The molecule has 4 rings (SSSR count). The first-order valence-corrected chi connectivity index (χ1v) is 9.92. The van der Waals surface area contributed by atoms with Crippen molar-refractivity contribution in [2.45, 2.75) is 19.9 Å². The lowest BCUT2D eigenvalue weighted by Crippen LogP contribution is -2.15. The maximum atomic E-state index is 13.1. The molecule has 1 N–H and O–H groups in total. The van der Waals surface area contributed by atoms with Crippen LogP contribution in [0.15, 0.2) is 53.6 Å². The lowest BCUT2D eigenvalue weighted by molar-refractivity contribution is -0.107. The van der Waals surface area contributed by atoms with Gasteiger partial charge in [0.05, 0.1) is 18.7 Å². The normalized spacial score (nSPS) is 10.9. The van der Waals surface area contributed by atoms with Crippen molar-refractivity contribution in [2.24, 2.45) is 0 Å². The third kappa shape index (κ3) is 4.02. The molecule has 31 heavy (non-hydrogen) atoms. The molecule has 0 aliphatic carbocycles. The van der Waals surface area contributed by atoms with Gasteiger partial charge < -0.3 is 9.72 Å². The van der Waals surface area contributed by atoms with Gasteiger partial charge in [0.15, 0.2) is 11.3 Å². The van der Waals surface area contributed by atoms with Crippen molar-refractivity contribution in [3.8, 4) is 17.1 Å². The Hall–Kier alpha value is -4.01. The Kier molecular flexibility index (Phi) is 5.74. The molecule has 0 atom stereocenters. The van der Waals surface area contributed by atoms with Gasteiger partial charge >= 0.3 is 0 Å². The maximum absolute atomic E-state index is 13.1. The quantitative estimate of drug-likeness (QED) is 0.441. The van der Waals surface area contributed by atoms with E-state index in [1.165, 1.54) is 4.90 Å². The van der Waals surface area contributed by atoms with Gasteiger partial charge in [-0.15, -0.1) is 0 Å². The van der Waals surface area contributed by atoms with E-state index in [2.05, 4.69) is 20.1 Å². The van der Waals surface area contributed by atoms with Gasteiger partial charge in [0.25, 0.3) is 5.56 Å². The highest BCUT2D eigenvalue weighted by atomic mass is 16.5.